The summed E-state index contributed by atoms with van der Waals surface area (Å²) in [6, 6.07) is 24.3. The maximum absolute atomic E-state index is 11.5. The Labute approximate surface area is 195 Å². The Kier molecular flexibility index (Phi) is 7.36. The van der Waals surface area contributed by atoms with Gasteiger partial charge in [0.05, 0.1) is 0 Å². The van der Waals surface area contributed by atoms with Gasteiger partial charge in [-0.05, 0) is 41.0 Å². The van der Waals surface area contributed by atoms with Gasteiger partial charge in [0.2, 0.25) is 0 Å². The smallest absolute Gasteiger partial charge is 0.186 e. The summed E-state index contributed by atoms with van der Waals surface area (Å²) in [5.41, 5.74) is 6.13. The predicted molar refractivity (Wildman–Crippen MR) is 140 cm³/mol. The molecule has 0 unspecified atom stereocenters. The van der Waals surface area contributed by atoms with Crippen molar-refractivity contribution in [2.75, 3.05) is 0 Å². The third kappa shape index (κ3) is 5.06. The van der Waals surface area contributed by atoms with E-state index in [4.69, 9.17) is 4.42 Å². The van der Waals surface area contributed by atoms with Gasteiger partial charge in [-0.3, -0.25) is 4.79 Å². The van der Waals surface area contributed by atoms with Gasteiger partial charge in [-0.25, -0.2) is 0 Å². The van der Waals surface area contributed by atoms with E-state index in [2.05, 4.69) is 32.0 Å². The molecule has 0 saturated heterocycles. The SMILES string of the molecule is CCCCCC.O=C1C=CC=C2C1=Cc1ccccc12.c1ccc2c(c1)oc1ccccc12. The molecule has 0 saturated carbocycles. The van der Waals surface area contributed by atoms with Gasteiger partial charge in [0.25, 0.3) is 0 Å². The number of carbonyl (C=O) groups is 1. The Hall–Kier alpha value is -3.65. The molecule has 0 aliphatic heterocycles. The van der Waals surface area contributed by atoms with Crippen LogP contribution in [-0.2, 0) is 4.79 Å². The van der Waals surface area contributed by atoms with E-state index in [9.17, 15) is 4.79 Å². The highest BCUT2D eigenvalue weighted by Gasteiger charge is 2.23. The number of fused-ring (bicyclic) bond motifs is 6. The van der Waals surface area contributed by atoms with Gasteiger partial charge in [-0.1, -0.05) is 112 Å². The van der Waals surface area contributed by atoms with Crippen molar-refractivity contribution in [3.63, 3.8) is 0 Å². The van der Waals surface area contributed by atoms with Crippen LogP contribution in [0.5, 0.6) is 0 Å². The highest BCUT2D eigenvalue weighted by atomic mass is 16.3. The summed E-state index contributed by atoms with van der Waals surface area (Å²) in [5, 5.41) is 2.39. The minimum absolute atomic E-state index is 0.110. The Morgan fingerprint density at radius 2 is 1.27 bits per heavy atom. The summed E-state index contributed by atoms with van der Waals surface area (Å²) >= 11 is 0. The molecule has 0 atom stereocenters. The van der Waals surface area contributed by atoms with Crippen LogP contribution in [0, 0.1) is 0 Å². The first-order valence-electron chi connectivity index (χ1n) is 11.8. The largest absolute Gasteiger partial charge is 0.456 e. The fourth-order valence-electron chi connectivity index (χ4n) is 4.13. The van der Waals surface area contributed by atoms with Gasteiger partial charge >= 0.3 is 0 Å². The van der Waals surface area contributed by atoms with Crippen molar-refractivity contribution in [3.8, 4) is 0 Å². The van der Waals surface area contributed by atoms with Crippen molar-refractivity contribution >= 4 is 39.4 Å². The summed E-state index contributed by atoms with van der Waals surface area (Å²) in [4.78, 5) is 11.5. The van der Waals surface area contributed by atoms with Gasteiger partial charge in [0, 0.05) is 16.3 Å². The van der Waals surface area contributed by atoms with E-state index < -0.39 is 0 Å². The zero-order chi connectivity index (χ0) is 23.0. The third-order valence-corrected chi connectivity index (χ3v) is 5.86. The number of allylic oxidation sites excluding steroid dienone is 5. The summed E-state index contributed by atoms with van der Waals surface area (Å²) < 4.78 is 5.65. The summed E-state index contributed by atoms with van der Waals surface area (Å²) in [7, 11) is 0. The molecular formula is C31H30O2. The monoisotopic (exact) mass is 434 g/mol. The van der Waals surface area contributed by atoms with Gasteiger partial charge in [-0.2, -0.15) is 0 Å². The van der Waals surface area contributed by atoms with Crippen molar-refractivity contribution in [1.82, 2.24) is 0 Å². The van der Waals surface area contributed by atoms with E-state index in [1.165, 1.54) is 42.0 Å². The zero-order valence-electron chi connectivity index (χ0n) is 19.4. The molecule has 2 heteroatoms. The third-order valence-electron chi connectivity index (χ3n) is 5.86. The first-order chi connectivity index (χ1) is 16.2. The fraction of sp³-hybridized carbons (Fsp3) is 0.194. The normalized spacial score (nSPS) is 13.3. The Morgan fingerprint density at radius 1 is 0.697 bits per heavy atom. The number of para-hydroxylation sites is 2. The number of rotatable bonds is 3. The van der Waals surface area contributed by atoms with Crippen LogP contribution in [0.4, 0.5) is 0 Å². The lowest BCUT2D eigenvalue weighted by atomic mass is 9.96. The average Bonchev–Trinajstić information content (AvgIpc) is 3.43. The van der Waals surface area contributed by atoms with Crippen molar-refractivity contribution in [1.29, 1.82) is 0 Å². The van der Waals surface area contributed by atoms with Gasteiger partial charge in [0.15, 0.2) is 5.78 Å². The molecule has 1 heterocycles. The standard InChI is InChI=1S/C13H8O.C12H8O.C6H14/c14-13-7-3-6-11-10-5-2-1-4-9(10)8-12(11)13;1-3-7-11-9(5-1)10-6-2-4-8-12(10)13-11;1-3-5-6-4-2/h1-8H;1-8H;3-6H2,1-2H3. The second-order valence-corrected chi connectivity index (χ2v) is 8.25. The minimum atomic E-state index is 0.110. The first-order valence-corrected chi connectivity index (χ1v) is 11.8. The number of unbranched alkanes of at least 4 members (excludes halogenated alkanes) is 3. The van der Waals surface area contributed by atoms with Crippen LogP contribution in [0.2, 0.25) is 0 Å². The van der Waals surface area contributed by atoms with E-state index in [-0.39, 0.29) is 5.78 Å². The van der Waals surface area contributed by atoms with Crippen LogP contribution in [0.25, 0.3) is 33.6 Å². The van der Waals surface area contributed by atoms with Crippen LogP contribution < -0.4 is 0 Å². The molecule has 0 N–H and O–H groups in total. The maximum Gasteiger partial charge on any atom is 0.186 e. The molecule has 2 aliphatic carbocycles. The van der Waals surface area contributed by atoms with Crippen molar-refractivity contribution in [2.24, 2.45) is 0 Å². The Morgan fingerprint density at radius 3 is 1.91 bits per heavy atom. The Balaban J connectivity index is 0.000000128. The molecule has 4 aromatic rings. The number of hydrogen-bond acceptors (Lipinski definition) is 2. The molecule has 2 nitrogen and oxygen atoms in total. The molecule has 6 rings (SSSR count). The molecule has 3 aromatic carbocycles. The molecule has 0 amide bonds. The van der Waals surface area contributed by atoms with E-state index in [1.54, 1.807) is 6.08 Å². The predicted octanol–water partition coefficient (Wildman–Crippen LogP) is 8.78. The molecule has 1 aromatic heterocycles. The van der Waals surface area contributed by atoms with Crippen LogP contribution in [-0.4, -0.2) is 5.78 Å². The number of ketones is 1. The first kappa shape index (κ1) is 22.5. The quantitative estimate of drug-likeness (QED) is 0.302. The van der Waals surface area contributed by atoms with E-state index in [0.29, 0.717) is 0 Å². The molecule has 166 valence electrons. The fourth-order valence-corrected chi connectivity index (χ4v) is 4.13. The number of carbonyl (C=O) groups excluding carboxylic acids is 1. The maximum atomic E-state index is 11.5. The lowest BCUT2D eigenvalue weighted by molar-refractivity contribution is -0.110. The van der Waals surface area contributed by atoms with Crippen LogP contribution in [0.15, 0.2) is 101 Å². The molecular weight excluding hydrogens is 404 g/mol. The zero-order valence-corrected chi connectivity index (χ0v) is 19.4. The van der Waals surface area contributed by atoms with E-state index in [0.717, 1.165) is 27.9 Å². The average molecular weight is 435 g/mol. The van der Waals surface area contributed by atoms with E-state index in [1.807, 2.05) is 72.8 Å². The molecule has 0 bridgehead atoms. The second-order valence-electron chi connectivity index (χ2n) is 8.25. The summed E-state index contributed by atoms with van der Waals surface area (Å²) in [6.07, 6.45) is 12.9. The van der Waals surface area contributed by atoms with Gasteiger partial charge in [0.1, 0.15) is 11.2 Å². The van der Waals surface area contributed by atoms with Crippen LogP contribution in [0.3, 0.4) is 0 Å². The lowest BCUT2D eigenvalue weighted by Crippen LogP contribution is -2.00. The molecule has 0 spiro atoms. The number of hydrogen-bond donors (Lipinski definition) is 0. The minimum Gasteiger partial charge on any atom is -0.456 e. The van der Waals surface area contributed by atoms with Crippen molar-refractivity contribution in [2.45, 2.75) is 39.5 Å². The van der Waals surface area contributed by atoms with Crippen LogP contribution in [0.1, 0.15) is 50.7 Å². The Bertz CT molecular complexity index is 1290. The highest BCUT2D eigenvalue weighted by molar-refractivity contribution is 6.23. The lowest BCUT2D eigenvalue weighted by Gasteiger charge is -2.06. The molecule has 0 fully saturated rings. The summed E-state index contributed by atoms with van der Waals surface area (Å²) in [6.45, 7) is 4.46. The van der Waals surface area contributed by atoms with Gasteiger partial charge in [-0.15, -0.1) is 0 Å². The van der Waals surface area contributed by atoms with Crippen molar-refractivity contribution in [3.05, 3.63) is 108 Å². The highest BCUT2D eigenvalue weighted by Crippen LogP contribution is 2.37. The molecule has 0 radical (unpaired) electrons. The number of furan rings is 1. The van der Waals surface area contributed by atoms with E-state index >= 15 is 0 Å². The van der Waals surface area contributed by atoms with Crippen LogP contribution >= 0.6 is 0 Å². The topological polar surface area (TPSA) is 30.2 Å². The van der Waals surface area contributed by atoms with Gasteiger partial charge < -0.3 is 4.42 Å². The second kappa shape index (κ2) is 10.8. The molecule has 2 aliphatic rings. The number of benzene rings is 3. The summed E-state index contributed by atoms with van der Waals surface area (Å²) in [5.74, 6) is 0.110. The van der Waals surface area contributed by atoms with Crippen molar-refractivity contribution < 1.29 is 9.21 Å². The molecule has 33 heavy (non-hydrogen) atoms.